The first-order chi connectivity index (χ1) is 17.5. The summed E-state index contributed by atoms with van der Waals surface area (Å²) in [7, 11) is -2.75. The number of halogens is 3. The van der Waals surface area contributed by atoms with Crippen LogP contribution >= 0.6 is 10.5 Å². The lowest BCUT2D eigenvalue weighted by molar-refractivity contribution is 0.00578. The monoisotopic (exact) mass is 559 g/mol. The summed E-state index contributed by atoms with van der Waals surface area (Å²) in [6.45, 7) is 12.4. The number of allylic oxidation sites excluding steroid dienone is 3. The topological polar surface area (TPSA) is 87.0 Å². The SMILES string of the molecule is CCNCC(B1OC(C)(C)C(C)(C)O1)C(=N)c1cccc(N(COC)S(C)(O)C(C=C(C)F)=C(C)F)c1F. The molecule has 1 aromatic carbocycles. The largest absolute Gasteiger partial charge is 0.468 e. The summed E-state index contributed by atoms with van der Waals surface area (Å²) in [5, 5.41) is 12.2. The zero-order valence-corrected chi connectivity index (χ0v) is 24.6. The predicted octanol–water partition coefficient (Wildman–Crippen LogP) is 6.57. The normalized spacial score (nSPS) is 21.0. The fraction of sp³-hybridized carbons (Fsp3) is 0.577. The molecule has 0 bridgehead atoms. The molecule has 0 spiro atoms. The van der Waals surface area contributed by atoms with E-state index in [0.717, 1.165) is 24.2 Å². The van der Waals surface area contributed by atoms with E-state index in [1.54, 1.807) is 0 Å². The zero-order chi connectivity index (χ0) is 29.1. The number of rotatable bonds is 12. The summed E-state index contributed by atoms with van der Waals surface area (Å²) in [6.07, 6.45) is 2.20. The maximum atomic E-state index is 16.2. The molecule has 1 aliphatic heterocycles. The van der Waals surface area contributed by atoms with Crippen LogP contribution in [0.3, 0.4) is 0 Å². The van der Waals surface area contributed by atoms with Crippen molar-refractivity contribution >= 4 is 29.0 Å². The standard InChI is InChI=1S/C26H41BF3N3O4S/c1-10-32-15-20(27-36-25(4,5)26(6,7)37-27)24(31)19-12-11-13-21(23(19)30)33(16-35-8)38(9,34)22(18(3)29)14-17(2)28/h11-14,20,31-32,34H,10,15-16H2,1-9H3. The lowest BCUT2D eigenvalue weighted by atomic mass is 9.67. The van der Waals surface area contributed by atoms with Gasteiger partial charge in [-0.3, -0.25) is 4.31 Å². The molecular formula is C26H41BF3N3O4S. The van der Waals surface area contributed by atoms with E-state index < -0.39 is 52.1 Å². The number of methoxy groups -OCH3 is 1. The Balaban J connectivity index is 2.59. The van der Waals surface area contributed by atoms with E-state index in [2.05, 4.69) is 5.32 Å². The molecule has 0 aliphatic carbocycles. The van der Waals surface area contributed by atoms with E-state index in [1.165, 1.54) is 31.6 Å². The Labute approximate surface area is 226 Å². The lowest BCUT2D eigenvalue weighted by Crippen LogP contribution is -2.41. The number of anilines is 1. The molecule has 0 aromatic heterocycles. The van der Waals surface area contributed by atoms with Gasteiger partial charge < -0.3 is 29.3 Å². The summed E-state index contributed by atoms with van der Waals surface area (Å²) in [5.41, 5.74) is -1.50. The Morgan fingerprint density at radius 3 is 2.29 bits per heavy atom. The van der Waals surface area contributed by atoms with Gasteiger partial charge in [-0.1, -0.05) is 19.1 Å². The smallest absolute Gasteiger partial charge is 0.403 e. The van der Waals surface area contributed by atoms with Gasteiger partial charge in [-0.15, -0.1) is 0 Å². The number of hydrogen-bond donors (Lipinski definition) is 3. The van der Waals surface area contributed by atoms with Gasteiger partial charge in [0.25, 0.3) is 0 Å². The average Bonchev–Trinajstić information content (AvgIpc) is 3.02. The van der Waals surface area contributed by atoms with Gasteiger partial charge in [0.05, 0.1) is 27.6 Å². The molecule has 3 N–H and O–H groups in total. The number of hydrogen-bond acceptors (Lipinski definition) is 7. The molecule has 1 fully saturated rings. The summed E-state index contributed by atoms with van der Waals surface area (Å²) >= 11 is 0. The lowest BCUT2D eigenvalue weighted by Gasteiger charge is -2.43. The number of nitrogens with zero attached hydrogens (tertiary/aromatic N) is 1. The third kappa shape index (κ3) is 6.84. The molecule has 1 aromatic rings. The highest BCUT2D eigenvalue weighted by atomic mass is 32.3. The highest BCUT2D eigenvalue weighted by molar-refractivity contribution is 8.32. The van der Waals surface area contributed by atoms with Gasteiger partial charge in [0.1, 0.15) is 12.6 Å². The molecule has 0 amide bonds. The van der Waals surface area contributed by atoms with Gasteiger partial charge >= 0.3 is 7.12 Å². The van der Waals surface area contributed by atoms with Crippen LogP contribution in [-0.4, -0.2) is 61.8 Å². The summed E-state index contributed by atoms with van der Waals surface area (Å²) in [6, 6.07) is 4.40. The van der Waals surface area contributed by atoms with Crippen molar-refractivity contribution in [1.82, 2.24) is 5.32 Å². The Morgan fingerprint density at radius 2 is 1.82 bits per heavy atom. The van der Waals surface area contributed by atoms with E-state index in [9.17, 15) is 13.3 Å². The molecule has 2 atom stereocenters. The van der Waals surface area contributed by atoms with Crippen LogP contribution in [0.4, 0.5) is 18.9 Å². The van der Waals surface area contributed by atoms with Crippen molar-refractivity contribution in [3.63, 3.8) is 0 Å². The molecule has 0 radical (unpaired) electrons. The summed E-state index contributed by atoms with van der Waals surface area (Å²) in [5.74, 6) is -2.99. The molecular weight excluding hydrogens is 518 g/mol. The van der Waals surface area contributed by atoms with Crippen molar-refractivity contribution in [2.75, 3.05) is 37.5 Å². The van der Waals surface area contributed by atoms with E-state index in [-0.39, 0.29) is 28.6 Å². The van der Waals surface area contributed by atoms with Crippen molar-refractivity contribution in [2.24, 2.45) is 0 Å². The van der Waals surface area contributed by atoms with Gasteiger partial charge in [-0.2, -0.15) is 0 Å². The Bertz CT molecular complexity index is 1060. The van der Waals surface area contributed by atoms with Crippen LogP contribution in [0, 0.1) is 11.2 Å². The minimum atomic E-state index is -3.29. The second-order valence-corrected chi connectivity index (χ2v) is 12.9. The van der Waals surface area contributed by atoms with Gasteiger partial charge in [0.2, 0.25) is 0 Å². The highest BCUT2D eigenvalue weighted by Gasteiger charge is 2.54. The molecule has 7 nitrogen and oxygen atoms in total. The number of ether oxygens (including phenoxy) is 1. The summed E-state index contributed by atoms with van der Waals surface area (Å²) < 4.78 is 74.6. The van der Waals surface area contributed by atoms with Crippen molar-refractivity contribution in [1.29, 1.82) is 5.41 Å². The van der Waals surface area contributed by atoms with Crippen LogP contribution in [0.1, 0.15) is 54.0 Å². The van der Waals surface area contributed by atoms with Crippen LogP contribution in [-0.2, 0) is 14.0 Å². The highest BCUT2D eigenvalue weighted by Crippen LogP contribution is 2.56. The molecule has 0 saturated carbocycles. The third-order valence-corrected chi connectivity index (χ3v) is 9.28. The molecule has 214 valence electrons. The van der Waals surface area contributed by atoms with Gasteiger partial charge in [-0.05, 0) is 70.7 Å². The van der Waals surface area contributed by atoms with Crippen LogP contribution in [0.15, 0.2) is 40.8 Å². The van der Waals surface area contributed by atoms with Crippen LogP contribution in [0.5, 0.6) is 0 Å². The van der Waals surface area contributed by atoms with E-state index >= 15 is 4.39 Å². The quantitative estimate of drug-likeness (QED) is 0.116. The van der Waals surface area contributed by atoms with E-state index in [4.69, 9.17) is 19.5 Å². The van der Waals surface area contributed by atoms with Gasteiger partial charge in [-0.25, -0.2) is 13.2 Å². The molecule has 1 heterocycles. The van der Waals surface area contributed by atoms with Crippen molar-refractivity contribution in [2.45, 2.75) is 65.5 Å². The average molecular weight is 560 g/mol. The predicted molar refractivity (Wildman–Crippen MR) is 151 cm³/mol. The Hall–Kier alpha value is -1.83. The fourth-order valence-corrected chi connectivity index (χ4v) is 6.06. The molecule has 12 heteroatoms. The van der Waals surface area contributed by atoms with Gasteiger partial charge in [0.15, 0.2) is 5.82 Å². The Morgan fingerprint density at radius 1 is 1.24 bits per heavy atom. The van der Waals surface area contributed by atoms with Crippen molar-refractivity contribution in [3.8, 4) is 0 Å². The minimum absolute atomic E-state index is 0.0314. The number of benzene rings is 1. The second-order valence-electron chi connectivity index (χ2n) is 10.3. The molecule has 1 aliphatic rings. The van der Waals surface area contributed by atoms with Crippen LogP contribution in [0.2, 0.25) is 5.82 Å². The first-order valence-corrected chi connectivity index (χ1v) is 14.4. The summed E-state index contributed by atoms with van der Waals surface area (Å²) in [4.78, 5) is -0.309. The van der Waals surface area contributed by atoms with E-state index in [0.29, 0.717) is 13.1 Å². The maximum absolute atomic E-state index is 16.2. The molecule has 2 rings (SSSR count). The molecule has 38 heavy (non-hydrogen) atoms. The zero-order valence-electron chi connectivity index (χ0n) is 23.7. The molecule has 2 unspecified atom stereocenters. The second kappa shape index (κ2) is 12.6. The van der Waals surface area contributed by atoms with Gasteiger partial charge in [0, 0.05) is 37.0 Å². The molecule has 1 saturated heterocycles. The Kier molecular flexibility index (Phi) is 10.7. The van der Waals surface area contributed by atoms with Crippen LogP contribution < -0.4 is 9.62 Å². The number of nitrogens with one attached hydrogen (secondary N) is 2. The van der Waals surface area contributed by atoms with Crippen molar-refractivity contribution in [3.05, 3.63) is 52.2 Å². The maximum Gasteiger partial charge on any atom is 0.468 e. The van der Waals surface area contributed by atoms with E-state index in [1.807, 2.05) is 34.6 Å². The fourth-order valence-electron chi connectivity index (χ4n) is 4.07. The third-order valence-electron chi connectivity index (χ3n) is 6.88. The van der Waals surface area contributed by atoms with Crippen LogP contribution in [0.25, 0.3) is 0 Å². The first-order valence-electron chi connectivity index (χ1n) is 12.4. The minimum Gasteiger partial charge on any atom is -0.403 e. The van der Waals surface area contributed by atoms with Crippen molar-refractivity contribution < 1.29 is 31.8 Å². The first kappa shape index (κ1) is 32.4.